The van der Waals surface area contributed by atoms with Crippen LogP contribution in [-0.2, 0) is 11.3 Å². The van der Waals surface area contributed by atoms with Crippen LogP contribution in [0.2, 0.25) is 0 Å². The van der Waals surface area contributed by atoms with Gasteiger partial charge in [-0.05, 0) is 50.1 Å². The van der Waals surface area contributed by atoms with Gasteiger partial charge in [-0.15, -0.1) is 0 Å². The number of hydrogen-bond donors (Lipinski definition) is 2. The molecule has 2 N–H and O–H groups in total. The fraction of sp³-hybridized carbons (Fsp3) is 0.333. The summed E-state index contributed by atoms with van der Waals surface area (Å²) in [6.45, 7) is 7.20. The number of carbonyl (C=O) groups is 2. The fourth-order valence-corrected chi connectivity index (χ4v) is 2.59. The molecule has 0 bridgehead atoms. The molecule has 2 aromatic rings. The van der Waals surface area contributed by atoms with Crippen molar-refractivity contribution in [2.24, 2.45) is 0 Å². The molecule has 0 saturated heterocycles. The number of benzene rings is 2. The summed E-state index contributed by atoms with van der Waals surface area (Å²) in [6, 6.07) is 13.2. The van der Waals surface area contributed by atoms with Crippen LogP contribution >= 0.6 is 0 Å². The number of aryl methyl sites for hydroxylation is 2. The number of ether oxygens (including phenoxy) is 1. The number of nitrogens with one attached hydrogen (secondary N) is 2. The highest BCUT2D eigenvalue weighted by atomic mass is 16.5. The van der Waals surface area contributed by atoms with E-state index in [1.165, 1.54) is 5.56 Å². The van der Waals surface area contributed by atoms with E-state index in [4.69, 9.17) is 4.74 Å². The molecule has 0 aliphatic carbocycles. The van der Waals surface area contributed by atoms with Crippen LogP contribution in [0.1, 0.15) is 40.4 Å². The van der Waals surface area contributed by atoms with Crippen LogP contribution in [0.4, 0.5) is 0 Å². The van der Waals surface area contributed by atoms with Gasteiger partial charge in [0.25, 0.3) is 5.91 Å². The molecule has 0 atom stereocenters. The third-order valence-corrected chi connectivity index (χ3v) is 3.93. The molecule has 26 heavy (non-hydrogen) atoms. The van der Waals surface area contributed by atoms with E-state index in [1.54, 1.807) is 12.1 Å². The monoisotopic (exact) mass is 354 g/mol. The van der Waals surface area contributed by atoms with E-state index in [9.17, 15) is 9.59 Å². The van der Waals surface area contributed by atoms with E-state index in [1.807, 2.05) is 45.0 Å². The van der Waals surface area contributed by atoms with Crippen LogP contribution < -0.4 is 15.4 Å². The van der Waals surface area contributed by atoms with E-state index in [2.05, 4.69) is 16.7 Å². The fourth-order valence-electron chi connectivity index (χ4n) is 2.59. The quantitative estimate of drug-likeness (QED) is 0.765. The van der Waals surface area contributed by atoms with Crippen molar-refractivity contribution in [3.05, 3.63) is 64.7 Å². The first-order chi connectivity index (χ1) is 12.5. The van der Waals surface area contributed by atoms with E-state index >= 15 is 0 Å². The summed E-state index contributed by atoms with van der Waals surface area (Å²) in [6.07, 6.45) is 0.281. The largest absolute Gasteiger partial charge is 0.493 e. The van der Waals surface area contributed by atoms with Gasteiger partial charge in [0.1, 0.15) is 5.75 Å². The lowest BCUT2D eigenvalue weighted by Gasteiger charge is -2.10. The molecule has 2 rings (SSSR count). The van der Waals surface area contributed by atoms with Crippen molar-refractivity contribution in [3.63, 3.8) is 0 Å². The molecular formula is C21H26N2O3. The number of carbonyl (C=O) groups excluding carboxylic acids is 2. The average Bonchev–Trinajstić information content (AvgIpc) is 2.62. The molecule has 2 aromatic carbocycles. The maximum absolute atomic E-state index is 12.0. The molecule has 5 nitrogen and oxygen atoms in total. The van der Waals surface area contributed by atoms with Gasteiger partial charge in [0.05, 0.1) is 13.0 Å². The van der Waals surface area contributed by atoms with Crippen LogP contribution in [0.15, 0.2) is 42.5 Å². The van der Waals surface area contributed by atoms with Crippen molar-refractivity contribution >= 4 is 11.8 Å². The second kappa shape index (κ2) is 9.61. The zero-order valence-corrected chi connectivity index (χ0v) is 15.6. The van der Waals surface area contributed by atoms with Crippen molar-refractivity contribution in [2.75, 3.05) is 13.2 Å². The molecule has 0 radical (unpaired) electrons. The Kier molecular flexibility index (Phi) is 7.21. The number of rotatable bonds is 8. The summed E-state index contributed by atoms with van der Waals surface area (Å²) in [5.74, 6) is 0.610. The van der Waals surface area contributed by atoms with Gasteiger partial charge >= 0.3 is 0 Å². The summed E-state index contributed by atoms with van der Waals surface area (Å²) in [5.41, 5.74) is 3.73. The van der Waals surface area contributed by atoms with Crippen LogP contribution in [0.5, 0.6) is 5.75 Å². The smallest absolute Gasteiger partial charge is 0.251 e. The highest BCUT2D eigenvalue weighted by Crippen LogP contribution is 2.18. The van der Waals surface area contributed by atoms with Crippen molar-refractivity contribution in [3.8, 4) is 5.75 Å². The molecule has 5 heteroatoms. The van der Waals surface area contributed by atoms with Gasteiger partial charge in [-0.2, -0.15) is 0 Å². The maximum atomic E-state index is 12.0. The van der Waals surface area contributed by atoms with Gasteiger partial charge in [0.2, 0.25) is 5.91 Å². The topological polar surface area (TPSA) is 67.4 Å². The van der Waals surface area contributed by atoms with Crippen LogP contribution in [-0.4, -0.2) is 25.0 Å². The number of hydrogen-bond acceptors (Lipinski definition) is 3. The third kappa shape index (κ3) is 5.92. The second-order valence-corrected chi connectivity index (χ2v) is 6.20. The molecule has 0 aromatic heterocycles. The summed E-state index contributed by atoms with van der Waals surface area (Å²) in [4.78, 5) is 23.8. The van der Waals surface area contributed by atoms with Gasteiger partial charge < -0.3 is 15.4 Å². The SMILES string of the molecule is CCNC(=O)c1cccc(CNC(=O)CCOc2ccc(C)cc2C)c1. The minimum atomic E-state index is -0.109. The molecule has 0 aliphatic heterocycles. The van der Waals surface area contributed by atoms with Gasteiger partial charge in [-0.3, -0.25) is 9.59 Å². The van der Waals surface area contributed by atoms with E-state index in [0.29, 0.717) is 25.3 Å². The Balaban J connectivity index is 1.78. The van der Waals surface area contributed by atoms with E-state index < -0.39 is 0 Å². The Morgan fingerprint density at radius 1 is 1.04 bits per heavy atom. The van der Waals surface area contributed by atoms with E-state index in [0.717, 1.165) is 16.9 Å². The predicted octanol–water partition coefficient (Wildman–Crippen LogP) is 3.14. The average molecular weight is 354 g/mol. The molecule has 0 aliphatic rings. The van der Waals surface area contributed by atoms with Gasteiger partial charge in [0.15, 0.2) is 0 Å². The minimum Gasteiger partial charge on any atom is -0.493 e. The van der Waals surface area contributed by atoms with Gasteiger partial charge in [0, 0.05) is 18.7 Å². The van der Waals surface area contributed by atoms with Gasteiger partial charge in [-0.1, -0.05) is 29.8 Å². The van der Waals surface area contributed by atoms with Crippen LogP contribution in [0.3, 0.4) is 0 Å². The first-order valence-electron chi connectivity index (χ1n) is 8.83. The first kappa shape index (κ1) is 19.5. The Morgan fingerprint density at radius 3 is 2.58 bits per heavy atom. The minimum absolute atomic E-state index is 0.0850. The molecule has 0 saturated carbocycles. The Hall–Kier alpha value is -2.82. The van der Waals surface area contributed by atoms with Crippen LogP contribution in [0, 0.1) is 13.8 Å². The molecule has 138 valence electrons. The second-order valence-electron chi connectivity index (χ2n) is 6.20. The molecular weight excluding hydrogens is 328 g/mol. The van der Waals surface area contributed by atoms with Crippen molar-refractivity contribution in [2.45, 2.75) is 33.7 Å². The molecule has 0 unspecified atom stereocenters. The molecule has 0 spiro atoms. The lowest BCUT2D eigenvalue weighted by Crippen LogP contribution is -2.25. The maximum Gasteiger partial charge on any atom is 0.251 e. The van der Waals surface area contributed by atoms with Crippen molar-refractivity contribution in [1.82, 2.24) is 10.6 Å². The Labute approximate surface area is 154 Å². The van der Waals surface area contributed by atoms with E-state index in [-0.39, 0.29) is 18.2 Å². The first-order valence-corrected chi connectivity index (χ1v) is 8.83. The zero-order chi connectivity index (χ0) is 18.9. The normalized spacial score (nSPS) is 10.3. The van der Waals surface area contributed by atoms with Crippen molar-refractivity contribution in [1.29, 1.82) is 0 Å². The molecule has 0 fully saturated rings. The zero-order valence-electron chi connectivity index (χ0n) is 15.6. The highest BCUT2D eigenvalue weighted by molar-refractivity contribution is 5.94. The highest BCUT2D eigenvalue weighted by Gasteiger charge is 2.07. The summed E-state index contributed by atoms with van der Waals surface area (Å²) in [5, 5.41) is 5.62. The van der Waals surface area contributed by atoms with Crippen LogP contribution in [0.25, 0.3) is 0 Å². The predicted molar refractivity (Wildman–Crippen MR) is 102 cm³/mol. The summed E-state index contributed by atoms with van der Waals surface area (Å²) >= 11 is 0. The Morgan fingerprint density at radius 2 is 1.85 bits per heavy atom. The van der Waals surface area contributed by atoms with Crippen molar-refractivity contribution < 1.29 is 14.3 Å². The summed E-state index contributed by atoms with van der Waals surface area (Å²) in [7, 11) is 0. The summed E-state index contributed by atoms with van der Waals surface area (Å²) < 4.78 is 5.68. The number of amides is 2. The third-order valence-electron chi connectivity index (χ3n) is 3.93. The lowest BCUT2D eigenvalue weighted by atomic mass is 10.1. The Bertz CT molecular complexity index is 772. The van der Waals surface area contributed by atoms with Gasteiger partial charge in [-0.25, -0.2) is 0 Å². The standard InChI is InChI=1S/C21H26N2O3/c1-4-22-21(25)18-7-5-6-17(13-18)14-23-20(24)10-11-26-19-9-8-15(2)12-16(19)3/h5-9,12-13H,4,10-11,14H2,1-3H3,(H,22,25)(H,23,24). The molecule has 0 heterocycles. The lowest BCUT2D eigenvalue weighted by molar-refractivity contribution is -0.121. The molecule has 2 amide bonds.